The molecule has 1 aromatic carbocycles. The summed E-state index contributed by atoms with van der Waals surface area (Å²) in [7, 11) is -3.93. The maximum Gasteiger partial charge on any atom is 0.239 e. The van der Waals surface area contributed by atoms with Crippen LogP contribution in [-0.4, -0.2) is 38.6 Å². The first-order chi connectivity index (χ1) is 11.9. The highest BCUT2D eigenvalue weighted by molar-refractivity contribution is 7.89. The molecule has 130 valence electrons. The first-order valence-electron chi connectivity index (χ1n) is 7.84. The third-order valence-corrected chi connectivity index (χ3v) is 5.76. The first kappa shape index (κ1) is 15.9. The van der Waals surface area contributed by atoms with Crippen molar-refractivity contribution in [3.05, 3.63) is 41.5 Å². The Hall–Kier alpha value is -2.59. The lowest BCUT2D eigenvalue weighted by atomic mass is 9.85. The number of nitrogens with zero attached hydrogens (tertiary/aromatic N) is 5. The van der Waals surface area contributed by atoms with E-state index in [1.165, 1.54) is 0 Å². The minimum Gasteiger partial charge on any atom is -0.335 e. The number of aryl methyl sites for hydroxylation is 2. The topological polar surface area (TPSA) is 132 Å². The van der Waals surface area contributed by atoms with E-state index in [0.29, 0.717) is 17.0 Å². The number of aromatic amines is 1. The average Bonchev–Trinajstić information content (AvgIpc) is 3.24. The van der Waals surface area contributed by atoms with E-state index in [1.54, 1.807) is 13.0 Å². The second-order valence-corrected chi connectivity index (χ2v) is 7.74. The molecule has 0 saturated carbocycles. The molecular formula is C15H17N7O2S. The lowest BCUT2D eigenvalue weighted by molar-refractivity contribution is 0.474. The molecule has 3 aromatic rings. The molecule has 1 aliphatic heterocycles. The minimum absolute atomic E-state index is 0.0719. The molecule has 25 heavy (non-hydrogen) atoms. The maximum atomic E-state index is 12.2. The number of imidazole rings is 1. The van der Waals surface area contributed by atoms with Gasteiger partial charge in [0.1, 0.15) is 0 Å². The SMILES string of the molecule is Cc1ccc(C2CCn3cncc3C2)c(-c2nnn[nH]2)c1S(N)(=O)=O. The Morgan fingerprint density at radius 1 is 1.36 bits per heavy atom. The molecule has 0 aliphatic carbocycles. The van der Waals surface area contributed by atoms with Gasteiger partial charge < -0.3 is 4.57 Å². The summed E-state index contributed by atoms with van der Waals surface area (Å²) in [6.45, 7) is 2.54. The van der Waals surface area contributed by atoms with Crippen LogP contribution in [0.5, 0.6) is 0 Å². The Labute approximate surface area is 144 Å². The zero-order chi connectivity index (χ0) is 17.6. The zero-order valence-corrected chi connectivity index (χ0v) is 14.4. The van der Waals surface area contributed by atoms with Gasteiger partial charge in [-0.15, -0.1) is 5.10 Å². The predicted molar refractivity (Wildman–Crippen MR) is 89.0 cm³/mol. The second kappa shape index (κ2) is 5.74. The van der Waals surface area contributed by atoms with Crippen molar-refractivity contribution in [2.24, 2.45) is 5.14 Å². The lowest BCUT2D eigenvalue weighted by Crippen LogP contribution is -2.20. The van der Waals surface area contributed by atoms with Crippen molar-refractivity contribution in [3.63, 3.8) is 0 Å². The number of nitrogens with two attached hydrogens (primary N) is 1. The molecule has 1 aliphatic rings. The molecule has 3 heterocycles. The van der Waals surface area contributed by atoms with Crippen LogP contribution in [0.1, 0.15) is 29.2 Å². The normalized spacial score (nSPS) is 17.4. The molecule has 0 radical (unpaired) electrons. The molecular weight excluding hydrogens is 342 g/mol. The number of rotatable bonds is 3. The van der Waals surface area contributed by atoms with E-state index in [4.69, 9.17) is 5.14 Å². The number of nitrogens with one attached hydrogen (secondary N) is 1. The Kier molecular flexibility index (Phi) is 3.65. The second-order valence-electron chi connectivity index (χ2n) is 6.24. The number of hydrogen-bond acceptors (Lipinski definition) is 6. The highest BCUT2D eigenvalue weighted by atomic mass is 32.2. The van der Waals surface area contributed by atoms with E-state index in [2.05, 4.69) is 30.2 Å². The molecule has 0 bridgehead atoms. The fourth-order valence-corrected chi connectivity index (χ4v) is 4.57. The molecule has 0 amide bonds. The smallest absolute Gasteiger partial charge is 0.239 e. The highest BCUT2D eigenvalue weighted by Crippen LogP contribution is 2.38. The Morgan fingerprint density at radius 3 is 2.92 bits per heavy atom. The van der Waals surface area contributed by atoms with Crippen LogP contribution in [0.3, 0.4) is 0 Å². The number of hydrogen-bond donors (Lipinski definition) is 2. The van der Waals surface area contributed by atoms with Gasteiger partial charge in [0.05, 0.1) is 11.2 Å². The maximum absolute atomic E-state index is 12.2. The molecule has 1 atom stereocenters. The summed E-state index contributed by atoms with van der Waals surface area (Å²) < 4.78 is 26.6. The summed E-state index contributed by atoms with van der Waals surface area (Å²) in [6, 6.07) is 3.73. The quantitative estimate of drug-likeness (QED) is 0.709. The summed E-state index contributed by atoms with van der Waals surface area (Å²) >= 11 is 0. The molecule has 10 heteroatoms. The summed E-state index contributed by atoms with van der Waals surface area (Å²) in [5.74, 6) is 0.437. The van der Waals surface area contributed by atoms with Crippen LogP contribution in [0.25, 0.3) is 11.4 Å². The van der Waals surface area contributed by atoms with Crippen LogP contribution in [0, 0.1) is 6.92 Å². The van der Waals surface area contributed by atoms with Gasteiger partial charge in [0, 0.05) is 24.0 Å². The average molecular weight is 359 g/mol. The van der Waals surface area contributed by atoms with Gasteiger partial charge in [0.15, 0.2) is 5.82 Å². The van der Waals surface area contributed by atoms with Gasteiger partial charge in [-0.3, -0.25) is 0 Å². The Morgan fingerprint density at radius 2 is 2.20 bits per heavy atom. The summed E-state index contributed by atoms with van der Waals surface area (Å²) in [5, 5.41) is 19.3. The number of aromatic nitrogens is 6. The van der Waals surface area contributed by atoms with Gasteiger partial charge in [0.2, 0.25) is 10.0 Å². The van der Waals surface area contributed by atoms with E-state index in [9.17, 15) is 8.42 Å². The van der Waals surface area contributed by atoms with E-state index in [0.717, 1.165) is 30.6 Å². The van der Waals surface area contributed by atoms with Crippen LogP contribution in [0.2, 0.25) is 0 Å². The van der Waals surface area contributed by atoms with Crippen molar-refractivity contribution in [1.82, 2.24) is 30.2 Å². The summed E-state index contributed by atoms with van der Waals surface area (Å²) in [5.41, 5.74) is 3.03. The number of sulfonamides is 1. The predicted octanol–water partition coefficient (Wildman–Crippen LogP) is 0.749. The highest BCUT2D eigenvalue weighted by Gasteiger charge is 2.29. The van der Waals surface area contributed by atoms with Gasteiger partial charge in [0.25, 0.3) is 0 Å². The molecule has 3 N–H and O–H groups in total. The summed E-state index contributed by atoms with van der Waals surface area (Å²) in [6.07, 6.45) is 5.29. The minimum atomic E-state index is -3.93. The largest absolute Gasteiger partial charge is 0.335 e. The van der Waals surface area contributed by atoms with Crippen molar-refractivity contribution in [2.75, 3.05) is 0 Å². The van der Waals surface area contributed by atoms with Crippen molar-refractivity contribution in [3.8, 4) is 11.4 Å². The van der Waals surface area contributed by atoms with Crippen molar-refractivity contribution in [2.45, 2.75) is 37.1 Å². The van der Waals surface area contributed by atoms with Crippen molar-refractivity contribution in [1.29, 1.82) is 0 Å². The van der Waals surface area contributed by atoms with Crippen molar-refractivity contribution >= 4 is 10.0 Å². The molecule has 4 rings (SSSR count). The van der Waals surface area contributed by atoms with Gasteiger partial charge >= 0.3 is 0 Å². The monoisotopic (exact) mass is 359 g/mol. The Balaban J connectivity index is 1.92. The number of primary sulfonamides is 1. The first-order valence-corrected chi connectivity index (χ1v) is 9.39. The van der Waals surface area contributed by atoms with Crippen LogP contribution in [-0.2, 0) is 23.0 Å². The molecule has 9 nitrogen and oxygen atoms in total. The third kappa shape index (κ3) is 2.72. The third-order valence-electron chi connectivity index (χ3n) is 4.67. The van der Waals surface area contributed by atoms with E-state index in [-0.39, 0.29) is 10.8 Å². The zero-order valence-electron chi connectivity index (χ0n) is 13.5. The van der Waals surface area contributed by atoms with E-state index < -0.39 is 10.0 Å². The van der Waals surface area contributed by atoms with Crippen molar-refractivity contribution < 1.29 is 8.42 Å². The molecule has 0 saturated heterocycles. The number of fused-ring (bicyclic) bond motifs is 1. The van der Waals surface area contributed by atoms with Crippen LogP contribution >= 0.6 is 0 Å². The Bertz CT molecular complexity index is 1020. The molecule has 2 aromatic heterocycles. The van der Waals surface area contributed by atoms with Gasteiger partial charge in [-0.2, -0.15) is 0 Å². The number of tetrazole rings is 1. The summed E-state index contributed by atoms with van der Waals surface area (Å²) in [4.78, 5) is 4.26. The number of benzene rings is 1. The molecule has 0 spiro atoms. The number of H-pyrrole nitrogens is 1. The lowest BCUT2D eigenvalue weighted by Gasteiger charge is -2.26. The van der Waals surface area contributed by atoms with Crippen LogP contribution in [0.15, 0.2) is 29.6 Å². The molecule has 0 fully saturated rings. The van der Waals surface area contributed by atoms with Gasteiger partial charge in [-0.05, 0) is 47.2 Å². The van der Waals surface area contributed by atoms with Gasteiger partial charge in [-0.1, -0.05) is 12.1 Å². The fourth-order valence-electron chi connectivity index (χ4n) is 3.55. The molecule has 1 unspecified atom stereocenters. The van der Waals surface area contributed by atoms with E-state index in [1.807, 2.05) is 18.6 Å². The fraction of sp³-hybridized carbons (Fsp3) is 0.333. The van der Waals surface area contributed by atoms with E-state index >= 15 is 0 Å². The van der Waals surface area contributed by atoms with Gasteiger partial charge in [-0.25, -0.2) is 23.6 Å². The standard InChI is InChI=1S/C15H17N7O2S/c1-9-2-3-12(10-4-5-22-8-17-7-11(22)6-10)13(14(9)25(16,23)24)15-18-20-21-19-15/h2-3,7-8,10H,4-6H2,1H3,(H2,16,23,24)(H,18,19,20,21). The van der Waals surface area contributed by atoms with Crippen LogP contribution < -0.4 is 5.14 Å². The van der Waals surface area contributed by atoms with Crippen LogP contribution in [0.4, 0.5) is 0 Å².